The van der Waals surface area contributed by atoms with Gasteiger partial charge in [0.2, 0.25) is 0 Å². The molecule has 0 spiro atoms. The molecule has 0 atom stereocenters. The van der Waals surface area contributed by atoms with Crippen LogP contribution in [0, 0.1) is 18.8 Å². The Morgan fingerprint density at radius 1 is 0.724 bits per heavy atom. The summed E-state index contributed by atoms with van der Waals surface area (Å²) in [7, 11) is 0. The van der Waals surface area contributed by atoms with Crippen LogP contribution in [0.4, 0.5) is 5.69 Å². The molecular formula is C26H35NO2. The first-order chi connectivity index (χ1) is 14.1. The Kier molecular flexibility index (Phi) is 7.46. The zero-order valence-electron chi connectivity index (χ0n) is 18.0. The Labute approximate surface area is 175 Å². The molecule has 1 N–H and O–H groups in total. The fourth-order valence-electron chi connectivity index (χ4n) is 4.97. The molecule has 29 heavy (non-hydrogen) atoms. The Balaban J connectivity index is 2.07. The van der Waals surface area contributed by atoms with E-state index in [2.05, 4.69) is 29.4 Å². The van der Waals surface area contributed by atoms with E-state index in [1.54, 1.807) is 0 Å². The molecule has 0 aromatic heterocycles. The number of benzene rings is 2. The van der Waals surface area contributed by atoms with Gasteiger partial charge in [-0.3, -0.25) is 0 Å². The third-order valence-electron chi connectivity index (χ3n) is 6.80. The maximum absolute atomic E-state index is 11.1. The molecule has 3 nitrogen and oxygen atoms in total. The number of phenols is 1. The van der Waals surface area contributed by atoms with Crippen LogP contribution in [0.15, 0.2) is 41.6 Å². The number of nitroso groups, excluding NO2 is 1. The second-order valence-electron chi connectivity index (χ2n) is 8.86. The fourth-order valence-corrected chi connectivity index (χ4v) is 4.97. The van der Waals surface area contributed by atoms with Crippen LogP contribution in [0.2, 0.25) is 0 Å². The van der Waals surface area contributed by atoms with Gasteiger partial charge in [-0.25, -0.2) is 0 Å². The molecule has 2 aromatic carbocycles. The van der Waals surface area contributed by atoms with Crippen LogP contribution in [-0.4, -0.2) is 5.11 Å². The van der Waals surface area contributed by atoms with Crippen molar-refractivity contribution in [1.82, 2.24) is 0 Å². The Morgan fingerprint density at radius 3 is 1.69 bits per heavy atom. The quantitative estimate of drug-likeness (QED) is 0.537. The maximum Gasteiger partial charge on any atom is 0.118 e. The minimum atomic E-state index is -0.0795. The summed E-state index contributed by atoms with van der Waals surface area (Å²) >= 11 is 0. The highest BCUT2D eigenvalue weighted by atomic mass is 16.3. The molecule has 0 aliphatic heterocycles. The van der Waals surface area contributed by atoms with Crippen molar-refractivity contribution in [3.8, 4) is 5.75 Å². The van der Waals surface area contributed by atoms with Gasteiger partial charge in [-0.15, -0.1) is 4.91 Å². The van der Waals surface area contributed by atoms with Gasteiger partial charge in [0.05, 0.1) is 0 Å². The summed E-state index contributed by atoms with van der Waals surface area (Å²) in [5.41, 5.74) is 4.89. The van der Waals surface area contributed by atoms with Crippen LogP contribution < -0.4 is 0 Å². The van der Waals surface area contributed by atoms with E-state index in [0.29, 0.717) is 11.4 Å². The number of aromatic hydroxyl groups is 1. The first-order valence-corrected chi connectivity index (χ1v) is 11.3. The van der Waals surface area contributed by atoms with E-state index in [-0.39, 0.29) is 5.41 Å². The Hall–Kier alpha value is -2.16. The van der Waals surface area contributed by atoms with Gasteiger partial charge in [0.15, 0.2) is 0 Å². The van der Waals surface area contributed by atoms with Gasteiger partial charge in [-0.05, 0) is 66.3 Å². The van der Waals surface area contributed by atoms with Crippen molar-refractivity contribution in [2.24, 2.45) is 5.18 Å². The van der Waals surface area contributed by atoms with Gasteiger partial charge in [0.25, 0.3) is 0 Å². The summed E-state index contributed by atoms with van der Waals surface area (Å²) in [5, 5.41) is 13.3. The summed E-state index contributed by atoms with van der Waals surface area (Å²) in [4.78, 5) is 11.1. The standard InChI is InChI=1S/C26H35NO2/c1-20-18-22(12-14-24(20)27-29)26(23-13-15-25(28)21(2)19-23)16-10-8-6-4-3-5-7-9-11-17-26/h12-15,18-19,28H,3-11,16-17H2,1-2H3. The molecule has 0 radical (unpaired) electrons. The molecule has 0 saturated heterocycles. The number of hydrogen-bond donors (Lipinski definition) is 1. The van der Waals surface area contributed by atoms with E-state index in [9.17, 15) is 10.0 Å². The summed E-state index contributed by atoms with van der Waals surface area (Å²) < 4.78 is 0. The molecule has 1 aliphatic carbocycles. The Morgan fingerprint density at radius 2 is 1.21 bits per heavy atom. The lowest BCUT2D eigenvalue weighted by atomic mass is 9.67. The van der Waals surface area contributed by atoms with Crippen LogP contribution in [0.3, 0.4) is 0 Å². The average molecular weight is 394 g/mol. The van der Waals surface area contributed by atoms with E-state index >= 15 is 0 Å². The highest BCUT2D eigenvalue weighted by Crippen LogP contribution is 2.44. The van der Waals surface area contributed by atoms with Crippen LogP contribution in [0.25, 0.3) is 0 Å². The third kappa shape index (κ3) is 5.07. The van der Waals surface area contributed by atoms with E-state index < -0.39 is 0 Å². The summed E-state index contributed by atoms with van der Waals surface area (Å²) in [6.45, 7) is 3.96. The molecule has 0 unspecified atom stereocenters. The molecule has 1 saturated carbocycles. The molecule has 2 aromatic rings. The van der Waals surface area contributed by atoms with E-state index in [0.717, 1.165) is 24.0 Å². The SMILES string of the molecule is Cc1cc(C2(c3ccc(N=O)c(C)c3)CCCCCCCCCCC2)ccc1O. The lowest BCUT2D eigenvalue weighted by Gasteiger charge is -2.37. The number of nitrogens with zero attached hydrogens (tertiary/aromatic N) is 1. The molecule has 3 heteroatoms. The largest absolute Gasteiger partial charge is 0.508 e. The summed E-state index contributed by atoms with van der Waals surface area (Å²) in [6.07, 6.45) is 13.9. The molecule has 1 aliphatic rings. The van der Waals surface area contributed by atoms with Crippen molar-refractivity contribution >= 4 is 5.69 Å². The molecule has 3 rings (SSSR count). The van der Waals surface area contributed by atoms with Crippen LogP contribution in [0.1, 0.15) is 92.9 Å². The molecule has 0 amide bonds. The van der Waals surface area contributed by atoms with Gasteiger partial charge >= 0.3 is 0 Å². The number of rotatable bonds is 3. The second kappa shape index (κ2) is 10.0. The second-order valence-corrected chi connectivity index (χ2v) is 8.86. The third-order valence-corrected chi connectivity index (χ3v) is 6.80. The van der Waals surface area contributed by atoms with Crippen molar-refractivity contribution in [2.45, 2.75) is 89.9 Å². The molecular weight excluding hydrogens is 358 g/mol. The van der Waals surface area contributed by atoms with Gasteiger partial charge in [0, 0.05) is 5.41 Å². The highest BCUT2D eigenvalue weighted by molar-refractivity contribution is 5.52. The number of aryl methyl sites for hydroxylation is 2. The van der Waals surface area contributed by atoms with E-state index in [1.807, 2.05) is 26.0 Å². The smallest absolute Gasteiger partial charge is 0.118 e. The minimum Gasteiger partial charge on any atom is -0.508 e. The van der Waals surface area contributed by atoms with E-state index in [1.165, 1.54) is 68.9 Å². The fraction of sp³-hybridized carbons (Fsp3) is 0.538. The minimum absolute atomic E-state index is 0.0795. The lowest BCUT2D eigenvalue weighted by Crippen LogP contribution is -2.28. The zero-order valence-corrected chi connectivity index (χ0v) is 18.0. The normalized spacial score (nSPS) is 18.4. The predicted molar refractivity (Wildman–Crippen MR) is 121 cm³/mol. The summed E-state index contributed by atoms with van der Waals surface area (Å²) in [6, 6.07) is 12.3. The van der Waals surface area contributed by atoms with Crippen molar-refractivity contribution in [3.63, 3.8) is 0 Å². The van der Waals surface area contributed by atoms with Crippen LogP contribution in [0.5, 0.6) is 5.75 Å². The van der Waals surface area contributed by atoms with Crippen molar-refractivity contribution < 1.29 is 5.11 Å². The van der Waals surface area contributed by atoms with Crippen molar-refractivity contribution in [2.75, 3.05) is 0 Å². The van der Waals surface area contributed by atoms with Gasteiger partial charge in [-0.2, -0.15) is 0 Å². The predicted octanol–water partition coefficient (Wildman–Crippen LogP) is 8.00. The highest BCUT2D eigenvalue weighted by Gasteiger charge is 2.34. The molecule has 0 heterocycles. The number of hydrogen-bond acceptors (Lipinski definition) is 3. The lowest BCUT2D eigenvalue weighted by molar-refractivity contribution is 0.382. The van der Waals surface area contributed by atoms with Gasteiger partial charge in [-0.1, -0.05) is 82.1 Å². The summed E-state index contributed by atoms with van der Waals surface area (Å²) in [5.74, 6) is 0.355. The van der Waals surface area contributed by atoms with E-state index in [4.69, 9.17) is 0 Å². The van der Waals surface area contributed by atoms with Gasteiger partial charge in [0.1, 0.15) is 11.4 Å². The zero-order chi connectivity index (χ0) is 20.7. The number of phenolic OH excluding ortho intramolecular Hbond substituents is 1. The van der Waals surface area contributed by atoms with Gasteiger partial charge < -0.3 is 5.11 Å². The molecule has 156 valence electrons. The van der Waals surface area contributed by atoms with Crippen LogP contribution >= 0.6 is 0 Å². The Bertz CT molecular complexity index is 815. The topological polar surface area (TPSA) is 49.7 Å². The average Bonchev–Trinajstić information content (AvgIpc) is 2.71. The first kappa shape index (κ1) is 21.5. The first-order valence-electron chi connectivity index (χ1n) is 11.3. The van der Waals surface area contributed by atoms with Crippen LogP contribution in [-0.2, 0) is 5.41 Å². The van der Waals surface area contributed by atoms with Crippen molar-refractivity contribution in [1.29, 1.82) is 0 Å². The molecule has 0 bridgehead atoms. The monoisotopic (exact) mass is 393 g/mol. The van der Waals surface area contributed by atoms with Crippen molar-refractivity contribution in [3.05, 3.63) is 63.6 Å². The molecule has 1 fully saturated rings. The maximum atomic E-state index is 11.1.